The third kappa shape index (κ3) is 3.56. The monoisotopic (exact) mass is 295 g/mol. The van der Waals surface area contributed by atoms with Crippen molar-refractivity contribution < 1.29 is 14.6 Å². The fourth-order valence-electron chi connectivity index (χ4n) is 3.56. The number of hydrogen-bond acceptors (Lipinski definition) is 6. The molecule has 0 bridgehead atoms. The van der Waals surface area contributed by atoms with Gasteiger partial charge in [0.05, 0.1) is 6.61 Å². The van der Waals surface area contributed by atoms with Gasteiger partial charge in [-0.15, -0.1) is 10.2 Å². The number of carboxylic acid groups (broad SMARTS) is 1. The van der Waals surface area contributed by atoms with Gasteiger partial charge in [-0.1, -0.05) is 5.21 Å². The lowest BCUT2D eigenvalue weighted by Crippen LogP contribution is -2.49. The van der Waals surface area contributed by atoms with E-state index in [4.69, 9.17) is 9.84 Å². The van der Waals surface area contributed by atoms with Gasteiger partial charge < -0.3 is 15.2 Å². The second-order valence-electron chi connectivity index (χ2n) is 6.08. The van der Waals surface area contributed by atoms with Crippen molar-refractivity contribution in [2.45, 2.75) is 38.3 Å². The van der Waals surface area contributed by atoms with Crippen molar-refractivity contribution in [2.24, 2.45) is 17.8 Å². The van der Waals surface area contributed by atoms with Crippen LogP contribution in [0.1, 0.15) is 31.5 Å². The number of aromatic amines is 1. The van der Waals surface area contributed by atoms with Crippen molar-refractivity contribution in [3.8, 4) is 0 Å². The molecule has 1 saturated heterocycles. The van der Waals surface area contributed by atoms with E-state index in [-0.39, 0.29) is 6.04 Å². The molecule has 4 atom stereocenters. The zero-order valence-corrected chi connectivity index (χ0v) is 11.9. The first-order valence-electron chi connectivity index (χ1n) is 7.48. The third-order valence-corrected chi connectivity index (χ3v) is 4.69. The highest BCUT2D eigenvalue weighted by Crippen LogP contribution is 2.38. The molecule has 3 N–H and O–H groups in total. The average molecular weight is 295 g/mol. The molecule has 1 aromatic heterocycles. The molecule has 3 rings (SSSR count). The molecule has 0 radical (unpaired) electrons. The molecule has 21 heavy (non-hydrogen) atoms. The number of rotatable bonds is 5. The average Bonchev–Trinajstić information content (AvgIpc) is 2.99. The van der Waals surface area contributed by atoms with Crippen molar-refractivity contribution in [1.82, 2.24) is 25.9 Å². The van der Waals surface area contributed by atoms with Crippen LogP contribution in [0.2, 0.25) is 0 Å². The fourth-order valence-corrected chi connectivity index (χ4v) is 3.56. The highest BCUT2D eigenvalue weighted by Gasteiger charge is 2.37. The Morgan fingerprint density at radius 3 is 3.00 bits per heavy atom. The summed E-state index contributed by atoms with van der Waals surface area (Å²) in [7, 11) is 0. The molecule has 2 aliphatic rings. The molecule has 1 saturated carbocycles. The molecule has 1 aliphatic carbocycles. The third-order valence-electron chi connectivity index (χ3n) is 4.69. The van der Waals surface area contributed by atoms with Gasteiger partial charge in [-0.05, 0) is 50.0 Å². The van der Waals surface area contributed by atoms with Gasteiger partial charge in [0.15, 0.2) is 5.82 Å². The van der Waals surface area contributed by atoms with Crippen molar-refractivity contribution >= 4 is 5.97 Å². The SMILES string of the molecule is O=C(O)C1CC2C[C@@H](COCc3nn[nH]n3)CC[C@H]2CN1. The van der Waals surface area contributed by atoms with Crippen LogP contribution in [-0.2, 0) is 16.1 Å². The second-order valence-corrected chi connectivity index (χ2v) is 6.08. The predicted octanol–water partition coefficient (Wildman–Crippen LogP) is 0.195. The summed E-state index contributed by atoms with van der Waals surface area (Å²) < 4.78 is 5.65. The molecule has 0 spiro atoms. The molecule has 0 amide bonds. The maximum Gasteiger partial charge on any atom is 0.320 e. The second kappa shape index (κ2) is 6.48. The van der Waals surface area contributed by atoms with Crippen molar-refractivity contribution in [2.75, 3.05) is 13.2 Å². The Morgan fingerprint density at radius 2 is 2.24 bits per heavy atom. The van der Waals surface area contributed by atoms with Crippen molar-refractivity contribution in [3.63, 3.8) is 0 Å². The molecule has 8 heteroatoms. The molecule has 1 aliphatic heterocycles. The minimum Gasteiger partial charge on any atom is -0.480 e. The van der Waals surface area contributed by atoms with Crippen LogP contribution in [0.4, 0.5) is 0 Å². The topological polar surface area (TPSA) is 113 Å². The van der Waals surface area contributed by atoms with Gasteiger partial charge in [-0.3, -0.25) is 4.79 Å². The summed E-state index contributed by atoms with van der Waals surface area (Å²) >= 11 is 0. The van der Waals surface area contributed by atoms with Gasteiger partial charge in [0.25, 0.3) is 0 Å². The Kier molecular flexibility index (Phi) is 4.45. The van der Waals surface area contributed by atoms with E-state index in [2.05, 4.69) is 25.9 Å². The maximum atomic E-state index is 11.1. The van der Waals surface area contributed by atoms with Crippen LogP contribution in [0.3, 0.4) is 0 Å². The summed E-state index contributed by atoms with van der Waals surface area (Å²) in [5.74, 6) is 1.46. The Morgan fingerprint density at radius 1 is 1.33 bits per heavy atom. The summed E-state index contributed by atoms with van der Waals surface area (Å²) in [4.78, 5) is 11.1. The molecular formula is C13H21N5O3. The maximum absolute atomic E-state index is 11.1. The Labute approximate surface area is 122 Å². The predicted molar refractivity (Wildman–Crippen MR) is 72.2 cm³/mol. The van der Waals surface area contributed by atoms with Crippen LogP contribution in [0.5, 0.6) is 0 Å². The highest BCUT2D eigenvalue weighted by molar-refractivity contribution is 5.73. The quantitative estimate of drug-likeness (QED) is 0.711. The van der Waals surface area contributed by atoms with Gasteiger partial charge in [0, 0.05) is 0 Å². The van der Waals surface area contributed by atoms with E-state index in [1.807, 2.05) is 0 Å². The molecule has 2 fully saturated rings. The van der Waals surface area contributed by atoms with Crippen LogP contribution in [-0.4, -0.2) is 50.9 Å². The van der Waals surface area contributed by atoms with Gasteiger partial charge >= 0.3 is 5.97 Å². The lowest BCUT2D eigenvalue weighted by molar-refractivity contribution is -0.141. The minimum absolute atomic E-state index is 0.375. The number of nitrogens with one attached hydrogen (secondary N) is 2. The normalized spacial score (nSPS) is 32.6. The zero-order valence-electron chi connectivity index (χ0n) is 11.9. The number of carbonyl (C=O) groups is 1. The lowest BCUT2D eigenvalue weighted by atomic mass is 9.70. The Bertz CT molecular complexity index is 466. The first kappa shape index (κ1) is 14.4. The molecular weight excluding hydrogens is 274 g/mol. The van der Waals surface area contributed by atoms with Gasteiger partial charge in [-0.2, -0.15) is 5.21 Å². The minimum atomic E-state index is -0.732. The van der Waals surface area contributed by atoms with Crippen LogP contribution >= 0.6 is 0 Å². The van der Waals surface area contributed by atoms with Crippen LogP contribution in [0.15, 0.2) is 0 Å². The number of H-pyrrole nitrogens is 1. The van der Waals surface area contributed by atoms with E-state index >= 15 is 0 Å². The molecule has 1 aromatic rings. The standard InChI is InChI=1S/C13H21N5O3/c19-13(20)11-4-10-3-8(1-2-9(10)5-14-11)6-21-7-12-15-17-18-16-12/h8-11,14H,1-7H2,(H,19,20)(H,15,16,17,18)/t8-,9-,10?,11?/m0/s1. The zero-order chi connectivity index (χ0) is 14.7. The first-order chi connectivity index (χ1) is 10.2. The molecule has 0 aromatic carbocycles. The van der Waals surface area contributed by atoms with E-state index < -0.39 is 5.97 Å². The summed E-state index contributed by atoms with van der Waals surface area (Å²) in [5.41, 5.74) is 0. The van der Waals surface area contributed by atoms with Crippen LogP contribution in [0.25, 0.3) is 0 Å². The van der Waals surface area contributed by atoms with Gasteiger partial charge in [-0.25, -0.2) is 0 Å². The van der Waals surface area contributed by atoms with E-state index in [0.29, 0.717) is 36.8 Å². The summed E-state index contributed by atoms with van der Waals surface area (Å²) in [5, 5.41) is 25.8. The van der Waals surface area contributed by atoms with E-state index in [0.717, 1.165) is 32.2 Å². The smallest absolute Gasteiger partial charge is 0.320 e. The van der Waals surface area contributed by atoms with Crippen molar-refractivity contribution in [3.05, 3.63) is 5.82 Å². The van der Waals surface area contributed by atoms with Crippen LogP contribution in [0, 0.1) is 17.8 Å². The molecule has 8 nitrogen and oxygen atoms in total. The molecule has 2 heterocycles. The fraction of sp³-hybridized carbons (Fsp3) is 0.846. The molecule has 116 valence electrons. The van der Waals surface area contributed by atoms with Gasteiger partial charge in [0.1, 0.15) is 12.6 Å². The number of ether oxygens (including phenoxy) is 1. The number of fused-ring (bicyclic) bond motifs is 1. The number of nitrogens with zero attached hydrogens (tertiary/aromatic N) is 3. The van der Waals surface area contributed by atoms with E-state index in [1.54, 1.807) is 0 Å². The number of carboxylic acids is 1. The molecule has 2 unspecified atom stereocenters. The summed E-state index contributed by atoms with van der Waals surface area (Å²) in [6.45, 7) is 1.89. The largest absolute Gasteiger partial charge is 0.480 e. The number of piperidine rings is 1. The number of tetrazole rings is 1. The highest BCUT2D eigenvalue weighted by atomic mass is 16.5. The van der Waals surface area contributed by atoms with E-state index in [9.17, 15) is 4.79 Å². The summed E-state index contributed by atoms with van der Waals surface area (Å²) in [6.07, 6.45) is 4.09. The first-order valence-corrected chi connectivity index (χ1v) is 7.48. The van der Waals surface area contributed by atoms with Crippen LogP contribution < -0.4 is 5.32 Å². The summed E-state index contributed by atoms with van der Waals surface area (Å²) in [6, 6.07) is -0.384. The Balaban J connectivity index is 1.45. The van der Waals surface area contributed by atoms with Gasteiger partial charge in [0.2, 0.25) is 0 Å². The van der Waals surface area contributed by atoms with E-state index in [1.165, 1.54) is 0 Å². The lowest BCUT2D eigenvalue weighted by Gasteiger charge is -2.41. The number of aliphatic carboxylic acids is 1. The Hall–Kier alpha value is -1.54. The number of hydrogen-bond donors (Lipinski definition) is 3. The van der Waals surface area contributed by atoms with Crippen molar-refractivity contribution in [1.29, 1.82) is 0 Å². The number of aromatic nitrogens is 4.